The Hall–Kier alpha value is 0.646. The maximum atomic E-state index is 9.89. The van der Waals surface area contributed by atoms with Crippen LogP contribution in [0, 0.1) is 12.3 Å². The topological polar surface area (TPSA) is 54.4 Å². The van der Waals surface area contributed by atoms with E-state index in [2.05, 4.69) is 27.7 Å². The number of hydrogen-bond acceptors (Lipinski definition) is 2. The van der Waals surface area contributed by atoms with Gasteiger partial charge in [-0.15, -0.1) is 0 Å². The molecule has 0 bridgehead atoms. The Morgan fingerprint density at radius 3 is 2.00 bits per heavy atom. The van der Waals surface area contributed by atoms with E-state index in [0.717, 1.165) is 25.5 Å². The van der Waals surface area contributed by atoms with Gasteiger partial charge in [0.25, 0.3) is 0 Å². The Morgan fingerprint density at radius 2 is 1.79 bits per heavy atom. The molecule has 0 fully saturated rings. The van der Waals surface area contributed by atoms with E-state index in [4.69, 9.17) is 9.90 Å². The first-order valence-electron chi connectivity index (χ1n) is 4.28. The maximum Gasteiger partial charge on any atom is 1.00 e. The van der Waals surface area contributed by atoms with Crippen molar-refractivity contribution < 1.29 is 66.1 Å². The first-order valence-corrected chi connectivity index (χ1v) is 4.28. The molecule has 0 aromatic heterocycles. The monoisotopic (exact) mass is 226 g/mol. The first-order chi connectivity index (χ1) is 5.79. The molecule has 0 amide bonds. The summed E-state index contributed by atoms with van der Waals surface area (Å²) in [6.45, 7) is 9.13. The van der Waals surface area contributed by atoms with Gasteiger partial charge in [-0.05, 0) is 18.3 Å². The number of carboxylic acid groups (broad SMARTS) is 1. The molecule has 14 heavy (non-hydrogen) atoms. The molecule has 0 atom stereocenters. The predicted molar refractivity (Wildman–Crippen MR) is 52.4 cm³/mol. The standard InChI is InChI=1S/C8H16O.C2H3O2.K/c1-8(2,3)6-4-5-7-9;1-2(3)4;/h7H,4-6H2,1-3H3;1H2,(H,3,4);/q;-1;+1. The zero-order chi connectivity index (χ0) is 10.9. The van der Waals surface area contributed by atoms with E-state index >= 15 is 0 Å². The third-order valence-corrected chi connectivity index (χ3v) is 1.25. The number of aldehydes is 1. The number of unbranched alkanes of at least 4 members (excludes halogenated alkanes) is 1. The zero-order valence-electron chi connectivity index (χ0n) is 9.67. The largest absolute Gasteiger partial charge is 1.00 e. The molecule has 78 valence electrons. The molecular formula is C10H19KO3. The van der Waals surface area contributed by atoms with Gasteiger partial charge in [0.05, 0.1) is 0 Å². The van der Waals surface area contributed by atoms with E-state index < -0.39 is 5.97 Å². The molecule has 0 heterocycles. The van der Waals surface area contributed by atoms with Gasteiger partial charge in [-0.2, -0.15) is 0 Å². The van der Waals surface area contributed by atoms with Gasteiger partial charge in [0, 0.05) is 6.42 Å². The van der Waals surface area contributed by atoms with Gasteiger partial charge in [0.2, 0.25) is 0 Å². The second-order valence-electron chi connectivity index (χ2n) is 4.01. The summed E-state index contributed by atoms with van der Waals surface area (Å²) < 4.78 is 0. The molecule has 0 radical (unpaired) electrons. The smallest absolute Gasteiger partial charge is 0.503 e. The molecule has 0 rings (SSSR count). The number of carbonyl (C=O) groups excluding carboxylic acids is 1. The molecule has 0 aromatic rings. The molecule has 4 heteroatoms. The first kappa shape index (κ1) is 20.1. The summed E-state index contributed by atoms with van der Waals surface area (Å²) in [5.41, 5.74) is 0.392. The second kappa shape index (κ2) is 11.7. The van der Waals surface area contributed by atoms with Crippen molar-refractivity contribution in [2.45, 2.75) is 40.0 Å². The summed E-state index contributed by atoms with van der Waals surface area (Å²) in [6, 6.07) is 0. The van der Waals surface area contributed by atoms with Crippen LogP contribution in [0.15, 0.2) is 0 Å². The summed E-state index contributed by atoms with van der Waals surface area (Å²) in [7, 11) is 0. The molecule has 0 aliphatic carbocycles. The van der Waals surface area contributed by atoms with Crippen LogP contribution in [0.5, 0.6) is 0 Å². The van der Waals surface area contributed by atoms with Crippen LogP contribution in [0.25, 0.3) is 0 Å². The van der Waals surface area contributed by atoms with Crippen molar-refractivity contribution in [3.63, 3.8) is 0 Å². The second-order valence-corrected chi connectivity index (χ2v) is 4.01. The number of carbonyl (C=O) groups is 2. The fourth-order valence-corrected chi connectivity index (χ4v) is 0.716. The summed E-state index contributed by atoms with van der Waals surface area (Å²) in [5.74, 6) is -1.08. The van der Waals surface area contributed by atoms with Crippen molar-refractivity contribution in [1.82, 2.24) is 0 Å². The molecule has 1 N–H and O–H groups in total. The third kappa shape index (κ3) is 38.8. The SMILES string of the molecule is CC(C)(C)CCCC=O.[CH2-]C(=O)O.[K+]. The molecule has 0 spiro atoms. The van der Waals surface area contributed by atoms with Crippen molar-refractivity contribution in [1.29, 1.82) is 0 Å². The van der Waals surface area contributed by atoms with Gasteiger partial charge in [-0.1, -0.05) is 20.8 Å². The van der Waals surface area contributed by atoms with Gasteiger partial charge in [-0.25, -0.2) is 0 Å². The van der Waals surface area contributed by atoms with Crippen LogP contribution in [0.1, 0.15) is 40.0 Å². The molecule has 3 nitrogen and oxygen atoms in total. The minimum Gasteiger partial charge on any atom is -0.503 e. The van der Waals surface area contributed by atoms with E-state index in [0.29, 0.717) is 5.41 Å². The Morgan fingerprint density at radius 1 is 1.43 bits per heavy atom. The fourth-order valence-electron chi connectivity index (χ4n) is 0.716. The van der Waals surface area contributed by atoms with Crippen LogP contribution in [-0.2, 0) is 9.59 Å². The maximum absolute atomic E-state index is 9.89. The average Bonchev–Trinajstić information content (AvgIpc) is 1.83. The van der Waals surface area contributed by atoms with E-state index in [1.165, 1.54) is 0 Å². The van der Waals surface area contributed by atoms with E-state index in [1.807, 2.05) is 0 Å². The number of rotatable bonds is 3. The predicted octanol–water partition coefficient (Wildman–Crippen LogP) is -0.689. The summed E-state index contributed by atoms with van der Waals surface area (Å²) in [6.07, 6.45) is 3.89. The molecule has 0 saturated heterocycles. The van der Waals surface area contributed by atoms with Gasteiger partial charge >= 0.3 is 51.4 Å². The quantitative estimate of drug-likeness (QED) is 0.300. The van der Waals surface area contributed by atoms with Crippen LogP contribution in [0.2, 0.25) is 0 Å². The minimum absolute atomic E-state index is 0. The average molecular weight is 226 g/mol. The number of carboxylic acids is 1. The van der Waals surface area contributed by atoms with Crippen LogP contribution in [0.4, 0.5) is 0 Å². The zero-order valence-corrected chi connectivity index (χ0v) is 12.8. The Kier molecular flexibility index (Phi) is 16.8. The van der Waals surface area contributed by atoms with Crippen LogP contribution < -0.4 is 51.4 Å². The number of hydrogen-bond donors (Lipinski definition) is 1. The normalized spacial score (nSPS) is 9.07. The van der Waals surface area contributed by atoms with Crippen molar-refractivity contribution in [2.75, 3.05) is 0 Å². The van der Waals surface area contributed by atoms with Crippen LogP contribution in [-0.4, -0.2) is 17.4 Å². The van der Waals surface area contributed by atoms with Gasteiger partial charge < -0.3 is 9.90 Å². The molecule has 0 aliphatic heterocycles. The van der Waals surface area contributed by atoms with E-state index in [9.17, 15) is 4.79 Å². The van der Waals surface area contributed by atoms with Crippen LogP contribution in [0.3, 0.4) is 0 Å². The van der Waals surface area contributed by atoms with Crippen molar-refractivity contribution >= 4 is 12.3 Å². The fraction of sp³-hybridized carbons (Fsp3) is 0.700. The Balaban J connectivity index is -0.000000209. The summed E-state index contributed by atoms with van der Waals surface area (Å²) in [5, 5.41) is 7.31. The number of aliphatic carboxylic acids is 1. The third-order valence-electron chi connectivity index (χ3n) is 1.25. The summed E-state index contributed by atoms with van der Waals surface area (Å²) >= 11 is 0. The van der Waals surface area contributed by atoms with Crippen LogP contribution >= 0.6 is 0 Å². The van der Waals surface area contributed by atoms with E-state index in [1.54, 1.807) is 0 Å². The summed E-state index contributed by atoms with van der Waals surface area (Å²) in [4.78, 5) is 18.8. The minimum atomic E-state index is -1.08. The molecular weight excluding hydrogens is 207 g/mol. The van der Waals surface area contributed by atoms with Crippen molar-refractivity contribution in [2.24, 2.45) is 5.41 Å². The van der Waals surface area contributed by atoms with Gasteiger partial charge in [0.15, 0.2) is 5.97 Å². The van der Waals surface area contributed by atoms with Crippen molar-refractivity contribution in [3.8, 4) is 0 Å². The van der Waals surface area contributed by atoms with Gasteiger partial charge in [0.1, 0.15) is 6.29 Å². The Bertz CT molecular complexity index is 146. The molecule has 0 unspecified atom stereocenters. The van der Waals surface area contributed by atoms with E-state index in [-0.39, 0.29) is 51.4 Å². The van der Waals surface area contributed by atoms with Gasteiger partial charge in [-0.3, -0.25) is 11.7 Å². The molecule has 0 aliphatic rings. The molecule has 0 aromatic carbocycles. The molecule has 0 saturated carbocycles. The van der Waals surface area contributed by atoms with Crippen molar-refractivity contribution in [3.05, 3.63) is 6.92 Å². The Labute approximate surface area is 129 Å².